The Morgan fingerprint density at radius 1 is 1.03 bits per heavy atom. The molecule has 2 aromatic carbocycles. The minimum absolute atomic E-state index is 0.189. The average Bonchev–Trinajstić information content (AvgIpc) is 3.00. The molecule has 2 aliphatic heterocycles. The molecule has 31 heavy (non-hydrogen) atoms. The van der Waals surface area contributed by atoms with E-state index in [-0.39, 0.29) is 11.9 Å². The van der Waals surface area contributed by atoms with Crippen molar-refractivity contribution in [3.63, 3.8) is 0 Å². The third kappa shape index (κ3) is 4.44. The Kier molecular flexibility index (Phi) is 5.75. The largest absolute Gasteiger partial charge is 0.456 e. The molecular formula is C25H31N3O3. The lowest BCUT2D eigenvalue weighted by atomic mass is 9.86. The summed E-state index contributed by atoms with van der Waals surface area (Å²) in [5.41, 5.74) is 1.59. The van der Waals surface area contributed by atoms with Gasteiger partial charge in [0, 0.05) is 12.2 Å². The summed E-state index contributed by atoms with van der Waals surface area (Å²) in [6, 6.07) is 17.6. The van der Waals surface area contributed by atoms with Gasteiger partial charge in [0.25, 0.3) is 0 Å². The van der Waals surface area contributed by atoms with Crippen LogP contribution in [0.1, 0.15) is 49.5 Å². The number of esters is 1. The van der Waals surface area contributed by atoms with Crippen LogP contribution in [0.4, 0.5) is 5.69 Å². The first-order valence-electron chi connectivity index (χ1n) is 10.9. The minimum atomic E-state index is -0.526. The molecule has 0 aromatic heterocycles. The number of benzene rings is 2. The van der Waals surface area contributed by atoms with Crippen molar-refractivity contribution in [2.24, 2.45) is 0 Å². The molecule has 2 aromatic rings. The van der Waals surface area contributed by atoms with Gasteiger partial charge < -0.3 is 19.9 Å². The highest BCUT2D eigenvalue weighted by Crippen LogP contribution is 2.38. The molecule has 0 saturated carbocycles. The molecule has 0 atom stereocenters. The number of hydrogen-bond donors (Lipinski definition) is 1. The number of piperidine rings is 1. The first-order chi connectivity index (χ1) is 14.8. The second kappa shape index (κ2) is 8.35. The molecule has 0 bridgehead atoms. The van der Waals surface area contributed by atoms with Crippen LogP contribution in [0.5, 0.6) is 0 Å². The number of carbonyl (C=O) groups is 2. The van der Waals surface area contributed by atoms with E-state index in [9.17, 15) is 9.59 Å². The van der Waals surface area contributed by atoms with Crippen molar-refractivity contribution in [3.8, 4) is 0 Å². The van der Waals surface area contributed by atoms with Gasteiger partial charge in [0.1, 0.15) is 11.1 Å². The number of anilines is 1. The summed E-state index contributed by atoms with van der Waals surface area (Å²) in [5, 5.41) is 3.38. The first-order valence-corrected chi connectivity index (χ1v) is 10.9. The summed E-state index contributed by atoms with van der Waals surface area (Å²) < 4.78 is 5.44. The zero-order chi connectivity index (χ0) is 22.1. The summed E-state index contributed by atoms with van der Waals surface area (Å²) in [4.78, 5) is 30.1. The second-order valence-corrected chi connectivity index (χ2v) is 9.39. The zero-order valence-electron chi connectivity index (χ0n) is 18.6. The van der Waals surface area contributed by atoms with E-state index in [1.807, 2.05) is 56.0 Å². The van der Waals surface area contributed by atoms with Gasteiger partial charge in [-0.05, 0) is 76.5 Å². The maximum Gasteiger partial charge on any atom is 0.338 e. The Morgan fingerprint density at radius 2 is 1.68 bits per heavy atom. The lowest BCUT2D eigenvalue weighted by Crippen LogP contribution is -2.55. The van der Waals surface area contributed by atoms with Gasteiger partial charge in [-0.2, -0.15) is 0 Å². The highest BCUT2D eigenvalue weighted by atomic mass is 16.6. The van der Waals surface area contributed by atoms with E-state index in [1.165, 1.54) is 0 Å². The fourth-order valence-corrected chi connectivity index (χ4v) is 4.47. The molecule has 2 heterocycles. The van der Waals surface area contributed by atoms with Crippen molar-refractivity contribution in [2.45, 2.75) is 51.3 Å². The van der Waals surface area contributed by atoms with Crippen molar-refractivity contribution >= 4 is 17.6 Å². The normalized spacial score (nSPS) is 18.5. The highest BCUT2D eigenvalue weighted by molar-refractivity contribution is 5.93. The Morgan fingerprint density at radius 3 is 2.29 bits per heavy atom. The van der Waals surface area contributed by atoms with E-state index in [1.54, 1.807) is 12.1 Å². The predicted molar refractivity (Wildman–Crippen MR) is 121 cm³/mol. The van der Waals surface area contributed by atoms with Crippen LogP contribution < -0.4 is 10.2 Å². The summed E-state index contributed by atoms with van der Waals surface area (Å²) in [5.74, 6) is -0.144. The van der Waals surface area contributed by atoms with Crippen LogP contribution in [0.3, 0.4) is 0 Å². The molecule has 1 amide bonds. The van der Waals surface area contributed by atoms with Crippen molar-refractivity contribution in [1.82, 2.24) is 10.2 Å². The molecular weight excluding hydrogens is 390 g/mol. The molecule has 1 spiro atoms. The van der Waals surface area contributed by atoms with Crippen LogP contribution in [-0.4, -0.2) is 47.7 Å². The van der Waals surface area contributed by atoms with Crippen molar-refractivity contribution in [3.05, 3.63) is 65.7 Å². The molecule has 4 rings (SSSR count). The van der Waals surface area contributed by atoms with Crippen molar-refractivity contribution < 1.29 is 14.3 Å². The Balaban J connectivity index is 1.52. The highest BCUT2D eigenvalue weighted by Gasteiger charge is 2.52. The summed E-state index contributed by atoms with van der Waals surface area (Å²) in [6.07, 6.45) is 1.60. The topological polar surface area (TPSA) is 61.9 Å². The van der Waals surface area contributed by atoms with Crippen LogP contribution in [0.15, 0.2) is 54.6 Å². The number of nitrogens with one attached hydrogen (secondary N) is 1. The summed E-state index contributed by atoms with van der Waals surface area (Å²) in [6.45, 7) is 8.33. The number of carbonyl (C=O) groups excluding carboxylic acids is 2. The van der Waals surface area contributed by atoms with E-state index < -0.39 is 11.1 Å². The number of hydrogen-bond acceptors (Lipinski definition) is 5. The Bertz CT molecular complexity index is 929. The van der Waals surface area contributed by atoms with E-state index in [0.717, 1.165) is 37.2 Å². The molecule has 2 aliphatic rings. The van der Waals surface area contributed by atoms with Crippen molar-refractivity contribution in [1.29, 1.82) is 0 Å². The molecule has 6 nitrogen and oxygen atoms in total. The van der Waals surface area contributed by atoms with Gasteiger partial charge in [0.2, 0.25) is 5.91 Å². The number of ether oxygens (including phenoxy) is 1. The van der Waals surface area contributed by atoms with Gasteiger partial charge in [-0.3, -0.25) is 4.79 Å². The van der Waals surface area contributed by atoms with Gasteiger partial charge in [-0.15, -0.1) is 0 Å². The van der Waals surface area contributed by atoms with Gasteiger partial charge >= 0.3 is 5.97 Å². The van der Waals surface area contributed by atoms with E-state index in [2.05, 4.69) is 22.3 Å². The molecule has 164 valence electrons. The number of para-hydroxylation sites is 1. The molecule has 2 saturated heterocycles. The number of nitrogens with zero attached hydrogens (tertiary/aromatic N) is 2. The van der Waals surface area contributed by atoms with Gasteiger partial charge in [-0.25, -0.2) is 4.79 Å². The smallest absolute Gasteiger partial charge is 0.338 e. The second-order valence-electron chi connectivity index (χ2n) is 9.39. The third-order valence-electron chi connectivity index (χ3n) is 5.97. The standard InChI is InChI=1S/C25H31N3O3/c1-24(2,3)31-22(29)20-11-9-19(10-12-20)17-27-18-28(21-7-5-4-6-8-21)25(23(27)30)13-15-26-16-14-25/h4-12,26H,13-18H2,1-3H3. The fraction of sp³-hybridized carbons (Fsp3) is 0.440. The van der Waals surface area contributed by atoms with Crippen LogP contribution >= 0.6 is 0 Å². The van der Waals surface area contributed by atoms with Gasteiger partial charge in [0.15, 0.2) is 0 Å². The van der Waals surface area contributed by atoms with E-state index >= 15 is 0 Å². The van der Waals surface area contributed by atoms with Crippen LogP contribution in [0.2, 0.25) is 0 Å². The monoisotopic (exact) mass is 421 g/mol. The van der Waals surface area contributed by atoms with Gasteiger partial charge in [0.05, 0.1) is 12.2 Å². The Labute approximate surface area is 184 Å². The minimum Gasteiger partial charge on any atom is -0.456 e. The van der Waals surface area contributed by atoms with Crippen molar-refractivity contribution in [2.75, 3.05) is 24.7 Å². The predicted octanol–water partition coefficient (Wildman–Crippen LogP) is 3.57. The summed E-state index contributed by atoms with van der Waals surface area (Å²) in [7, 11) is 0. The fourth-order valence-electron chi connectivity index (χ4n) is 4.47. The van der Waals surface area contributed by atoms with E-state index in [0.29, 0.717) is 18.8 Å². The Hall–Kier alpha value is -2.86. The third-order valence-corrected chi connectivity index (χ3v) is 5.97. The molecule has 6 heteroatoms. The molecule has 0 unspecified atom stereocenters. The lowest BCUT2D eigenvalue weighted by Gasteiger charge is -2.40. The molecule has 0 radical (unpaired) electrons. The first kappa shape index (κ1) is 21.4. The molecule has 2 fully saturated rings. The maximum absolute atomic E-state index is 13.6. The quantitative estimate of drug-likeness (QED) is 0.765. The zero-order valence-corrected chi connectivity index (χ0v) is 18.6. The maximum atomic E-state index is 13.6. The van der Waals surface area contributed by atoms with E-state index in [4.69, 9.17) is 4.74 Å². The summed E-state index contributed by atoms with van der Waals surface area (Å²) >= 11 is 0. The molecule has 1 N–H and O–H groups in total. The molecule has 0 aliphatic carbocycles. The van der Waals surface area contributed by atoms with Crippen LogP contribution in [0.25, 0.3) is 0 Å². The average molecular weight is 422 g/mol. The SMILES string of the molecule is CC(C)(C)OC(=O)c1ccc(CN2CN(c3ccccc3)C3(CCNCC3)C2=O)cc1. The van der Waals surface area contributed by atoms with Crippen LogP contribution in [0, 0.1) is 0 Å². The lowest BCUT2D eigenvalue weighted by molar-refractivity contribution is -0.133. The number of rotatable bonds is 4. The van der Waals surface area contributed by atoms with Crippen LogP contribution in [-0.2, 0) is 16.1 Å². The van der Waals surface area contributed by atoms with Gasteiger partial charge in [-0.1, -0.05) is 30.3 Å². The number of amides is 1.